The lowest BCUT2D eigenvalue weighted by Gasteiger charge is -2.07. The van der Waals surface area contributed by atoms with Gasteiger partial charge in [0, 0.05) is 17.5 Å². The molecule has 3 aromatic rings. The van der Waals surface area contributed by atoms with Crippen LogP contribution in [0.1, 0.15) is 16.1 Å². The second-order valence-corrected chi connectivity index (χ2v) is 5.97. The number of rotatable bonds is 7. The Balaban J connectivity index is 1.87. The highest BCUT2D eigenvalue weighted by molar-refractivity contribution is 6.13. The van der Waals surface area contributed by atoms with E-state index in [4.69, 9.17) is 24.4 Å². The van der Waals surface area contributed by atoms with E-state index in [1.807, 2.05) is 0 Å². The number of methoxy groups -OCH3 is 3. The summed E-state index contributed by atoms with van der Waals surface area (Å²) in [6.45, 7) is 0. The van der Waals surface area contributed by atoms with Crippen LogP contribution in [0.5, 0.6) is 17.2 Å². The van der Waals surface area contributed by atoms with Gasteiger partial charge < -0.3 is 29.7 Å². The lowest BCUT2D eigenvalue weighted by atomic mass is 10.1. The molecule has 8 heteroatoms. The quantitative estimate of drug-likeness (QED) is 0.593. The van der Waals surface area contributed by atoms with E-state index in [2.05, 4.69) is 5.32 Å². The molecule has 0 aliphatic carbocycles. The van der Waals surface area contributed by atoms with Crippen molar-refractivity contribution in [1.29, 1.82) is 0 Å². The zero-order chi connectivity index (χ0) is 21.0. The summed E-state index contributed by atoms with van der Waals surface area (Å²) in [5.74, 6) is 0.288. The van der Waals surface area contributed by atoms with E-state index in [1.165, 1.54) is 20.3 Å². The molecule has 0 saturated carbocycles. The zero-order valence-electron chi connectivity index (χ0n) is 16.1. The molecule has 0 radical (unpaired) electrons. The molecule has 3 N–H and O–H groups in total. The third-order valence-electron chi connectivity index (χ3n) is 4.20. The molecule has 0 atom stereocenters. The molecule has 1 heterocycles. The molecule has 3 rings (SSSR count). The Bertz CT molecular complexity index is 1100. The van der Waals surface area contributed by atoms with Crippen LogP contribution < -0.4 is 25.3 Å². The monoisotopic (exact) mass is 396 g/mol. The average molecular weight is 396 g/mol. The Morgan fingerprint density at radius 3 is 2.41 bits per heavy atom. The summed E-state index contributed by atoms with van der Waals surface area (Å²) in [6.07, 6.45) is 2.93. The van der Waals surface area contributed by atoms with Gasteiger partial charge in [-0.15, -0.1) is 0 Å². The maximum atomic E-state index is 12.4. The van der Waals surface area contributed by atoms with Crippen LogP contribution in [0.2, 0.25) is 0 Å². The lowest BCUT2D eigenvalue weighted by molar-refractivity contribution is -0.111. The molecule has 0 aliphatic rings. The number of amides is 2. The number of benzene rings is 2. The third-order valence-corrected chi connectivity index (χ3v) is 4.20. The Kier molecular flexibility index (Phi) is 5.73. The van der Waals surface area contributed by atoms with Gasteiger partial charge in [-0.3, -0.25) is 9.59 Å². The molecule has 2 amide bonds. The van der Waals surface area contributed by atoms with Crippen LogP contribution >= 0.6 is 0 Å². The molecule has 0 unspecified atom stereocenters. The topological polar surface area (TPSA) is 113 Å². The number of nitrogens with one attached hydrogen (secondary N) is 1. The van der Waals surface area contributed by atoms with E-state index >= 15 is 0 Å². The minimum atomic E-state index is -0.792. The van der Waals surface area contributed by atoms with Crippen molar-refractivity contribution >= 4 is 34.5 Å². The zero-order valence-corrected chi connectivity index (χ0v) is 16.1. The van der Waals surface area contributed by atoms with E-state index in [1.54, 1.807) is 49.6 Å². The maximum absolute atomic E-state index is 12.4. The summed E-state index contributed by atoms with van der Waals surface area (Å²) in [5.41, 5.74) is 6.70. The molecule has 8 nitrogen and oxygen atoms in total. The average Bonchev–Trinajstić information content (AvgIpc) is 3.09. The number of carbonyl (C=O) groups is 2. The summed E-state index contributed by atoms with van der Waals surface area (Å²) in [5, 5.41) is 3.19. The number of nitrogens with two attached hydrogens (primary N) is 1. The summed E-state index contributed by atoms with van der Waals surface area (Å²) in [7, 11) is 4.59. The molecule has 0 bridgehead atoms. The number of primary amides is 1. The van der Waals surface area contributed by atoms with Gasteiger partial charge in [0.05, 0.1) is 21.3 Å². The van der Waals surface area contributed by atoms with Gasteiger partial charge in [-0.05, 0) is 35.9 Å². The van der Waals surface area contributed by atoms with Gasteiger partial charge in [0.1, 0.15) is 17.0 Å². The summed E-state index contributed by atoms with van der Waals surface area (Å²) in [4.78, 5) is 24.2. The van der Waals surface area contributed by atoms with Crippen molar-refractivity contribution in [2.45, 2.75) is 0 Å². The van der Waals surface area contributed by atoms with Gasteiger partial charge in [0.15, 0.2) is 11.5 Å². The number of fused-ring (bicyclic) bond motifs is 1. The van der Waals surface area contributed by atoms with Crippen LogP contribution in [-0.2, 0) is 4.79 Å². The van der Waals surface area contributed by atoms with E-state index in [0.29, 0.717) is 28.2 Å². The first-order valence-corrected chi connectivity index (χ1v) is 8.58. The Morgan fingerprint density at radius 2 is 1.76 bits per heavy atom. The molecule has 0 saturated heterocycles. The fourth-order valence-corrected chi connectivity index (χ4v) is 2.79. The van der Waals surface area contributed by atoms with E-state index in [9.17, 15) is 9.59 Å². The molecule has 0 spiro atoms. The Labute approximate surface area is 166 Å². The second-order valence-electron chi connectivity index (χ2n) is 5.97. The van der Waals surface area contributed by atoms with Gasteiger partial charge in [0.2, 0.25) is 11.7 Å². The predicted octanol–water partition coefficient (Wildman–Crippen LogP) is 3.21. The number of ether oxygens (including phenoxy) is 3. The second kappa shape index (κ2) is 8.39. The van der Waals surface area contributed by atoms with Crippen molar-refractivity contribution in [3.63, 3.8) is 0 Å². The van der Waals surface area contributed by atoms with Gasteiger partial charge in [-0.2, -0.15) is 0 Å². The van der Waals surface area contributed by atoms with Crippen LogP contribution in [0.15, 0.2) is 46.9 Å². The number of hydrogen-bond donors (Lipinski definition) is 2. The number of carbonyl (C=O) groups excluding carboxylic acids is 2. The van der Waals surface area contributed by atoms with Crippen LogP contribution in [0.25, 0.3) is 17.0 Å². The van der Waals surface area contributed by atoms with E-state index in [-0.39, 0.29) is 11.4 Å². The van der Waals surface area contributed by atoms with Crippen LogP contribution in [0.4, 0.5) is 5.69 Å². The number of furan rings is 1. The first-order chi connectivity index (χ1) is 14.0. The fourth-order valence-electron chi connectivity index (χ4n) is 2.79. The molecular formula is C21H20N2O6. The highest BCUT2D eigenvalue weighted by Crippen LogP contribution is 2.33. The minimum Gasteiger partial charge on any atom is -0.497 e. The highest BCUT2D eigenvalue weighted by atomic mass is 16.5. The first kappa shape index (κ1) is 19.8. The fraction of sp³-hybridized carbons (Fsp3) is 0.143. The maximum Gasteiger partial charge on any atom is 0.286 e. The molecular weight excluding hydrogens is 376 g/mol. The van der Waals surface area contributed by atoms with Crippen LogP contribution in [0, 0.1) is 0 Å². The predicted molar refractivity (Wildman–Crippen MR) is 108 cm³/mol. The SMILES string of the molecule is COc1ccc2c(NC(=O)/C=C/c3ccc(OC)c(OC)c3)c(C(N)=O)oc2c1. The Hall–Kier alpha value is -3.94. The van der Waals surface area contributed by atoms with Gasteiger partial charge in [-0.25, -0.2) is 0 Å². The molecule has 1 aromatic heterocycles. The molecule has 0 aliphatic heterocycles. The third kappa shape index (κ3) is 4.16. The number of hydrogen-bond acceptors (Lipinski definition) is 6. The van der Waals surface area contributed by atoms with E-state index < -0.39 is 11.8 Å². The summed E-state index contributed by atoms with van der Waals surface area (Å²) >= 11 is 0. The Morgan fingerprint density at radius 1 is 1.00 bits per heavy atom. The van der Waals surface area contributed by atoms with E-state index in [0.717, 1.165) is 5.56 Å². The van der Waals surface area contributed by atoms with Gasteiger partial charge in [0.25, 0.3) is 5.91 Å². The van der Waals surface area contributed by atoms with Crippen molar-refractivity contribution in [3.8, 4) is 17.2 Å². The summed E-state index contributed by atoms with van der Waals surface area (Å²) < 4.78 is 21.1. The molecule has 0 fully saturated rings. The summed E-state index contributed by atoms with van der Waals surface area (Å²) in [6, 6.07) is 10.2. The molecule has 150 valence electrons. The first-order valence-electron chi connectivity index (χ1n) is 8.58. The largest absolute Gasteiger partial charge is 0.497 e. The lowest BCUT2D eigenvalue weighted by Crippen LogP contribution is -2.15. The standard InChI is InChI=1S/C21H20N2O6/c1-26-13-6-7-14-16(11-13)29-20(21(22)25)19(14)23-18(24)9-5-12-4-8-15(27-2)17(10-12)28-3/h4-11H,1-3H3,(H2,22,25)(H,23,24)/b9-5+. The molecule has 2 aromatic carbocycles. The van der Waals surface area contributed by atoms with Crippen LogP contribution in [0.3, 0.4) is 0 Å². The van der Waals surface area contributed by atoms with Gasteiger partial charge in [-0.1, -0.05) is 6.07 Å². The normalized spacial score (nSPS) is 10.9. The van der Waals surface area contributed by atoms with Crippen molar-refractivity contribution in [2.24, 2.45) is 5.73 Å². The van der Waals surface area contributed by atoms with Crippen molar-refractivity contribution in [1.82, 2.24) is 0 Å². The highest BCUT2D eigenvalue weighted by Gasteiger charge is 2.20. The van der Waals surface area contributed by atoms with Gasteiger partial charge >= 0.3 is 0 Å². The number of anilines is 1. The van der Waals surface area contributed by atoms with Crippen LogP contribution in [-0.4, -0.2) is 33.1 Å². The smallest absolute Gasteiger partial charge is 0.286 e. The van der Waals surface area contributed by atoms with Crippen molar-refractivity contribution in [2.75, 3.05) is 26.6 Å². The van der Waals surface area contributed by atoms with Crippen molar-refractivity contribution < 1.29 is 28.2 Å². The van der Waals surface area contributed by atoms with Crippen molar-refractivity contribution in [3.05, 3.63) is 53.8 Å². The minimum absolute atomic E-state index is 0.138. The molecule has 29 heavy (non-hydrogen) atoms.